The maximum Gasteiger partial charge on any atom is 0.289 e. The number of sulfonamides is 1. The Morgan fingerprint density at radius 1 is 1.14 bits per heavy atom. The fourth-order valence-electron chi connectivity index (χ4n) is 2.88. The van der Waals surface area contributed by atoms with Crippen LogP contribution in [-0.4, -0.2) is 40.7 Å². The number of sulfone groups is 1. The summed E-state index contributed by atoms with van der Waals surface area (Å²) in [6.07, 6.45) is 1.26. The first-order valence-electron chi connectivity index (χ1n) is 7.98. The third kappa shape index (κ3) is 3.71. The van der Waals surface area contributed by atoms with Gasteiger partial charge in [-0.1, -0.05) is 12.1 Å². The van der Waals surface area contributed by atoms with Crippen LogP contribution in [0.15, 0.2) is 64.9 Å². The Bertz CT molecular complexity index is 1140. The number of rotatable bonds is 6. The average Bonchev–Trinajstić information content (AvgIpc) is 3.01. The fourth-order valence-corrected chi connectivity index (χ4v) is 6.01. The van der Waals surface area contributed by atoms with Gasteiger partial charge in [0.05, 0.1) is 29.5 Å². The molecule has 0 saturated heterocycles. The lowest BCUT2D eigenvalue weighted by molar-refractivity contribution is -0.387. The van der Waals surface area contributed by atoms with Crippen molar-refractivity contribution in [2.45, 2.75) is 10.9 Å². The molecule has 0 aromatic heterocycles. The number of hydrogen-bond donors (Lipinski definition) is 0. The lowest BCUT2D eigenvalue weighted by Gasteiger charge is -2.28. The minimum absolute atomic E-state index is 0.158. The second-order valence-corrected chi connectivity index (χ2v) is 9.66. The number of hydrogen-bond acceptors (Lipinski definition) is 7. The van der Waals surface area contributed by atoms with Crippen LogP contribution in [0.5, 0.6) is 5.75 Å². The van der Waals surface area contributed by atoms with Crippen molar-refractivity contribution in [1.82, 2.24) is 0 Å². The molecule has 1 unspecified atom stereocenters. The molecule has 0 aliphatic carbocycles. The molecule has 2 aromatic carbocycles. The van der Waals surface area contributed by atoms with Crippen molar-refractivity contribution in [3.8, 4) is 5.75 Å². The fraction of sp³-hybridized carbons (Fsp3) is 0.176. The number of anilines is 1. The lowest BCUT2D eigenvalue weighted by Crippen LogP contribution is -2.41. The second-order valence-electron chi connectivity index (χ2n) is 5.95. The quantitative estimate of drug-likeness (QED) is 0.514. The third-order valence-corrected chi connectivity index (χ3v) is 7.42. The standard InChI is InChI=1S/C17H16N2O7S2/c1-26-15-8-6-13(7-9-15)18(14-10-11-27(22,23)12-14)28(24,25)17-5-3-2-4-16(17)19(20)21/h2-11,14H,12H2,1H3. The molecule has 0 N–H and O–H groups in total. The zero-order chi connectivity index (χ0) is 20.5. The SMILES string of the molecule is COc1ccc(N(C2C=CS(=O)(=O)C2)S(=O)(=O)c2ccccc2[N+](=O)[O-])cc1. The molecule has 2 aromatic rings. The molecule has 0 spiro atoms. The number of nitrogens with zero attached hydrogens (tertiary/aromatic N) is 2. The van der Waals surface area contributed by atoms with Crippen LogP contribution < -0.4 is 9.04 Å². The van der Waals surface area contributed by atoms with E-state index in [0.717, 1.165) is 21.8 Å². The molecule has 148 valence electrons. The van der Waals surface area contributed by atoms with E-state index in [1.165, 1.54) is 49.6 Å². The van der Waals surface area contributed by atoms with Crippen molar-refractivity contribution in [2.24, 2.45) is 0 Å². The first-order chi connectivity index (χ1) is 13.2. The van der Waals surface area contributed by atoms with Crippen molar-refractivity contribution in [3.05, 3.63) is 70.1 Å². The van der Waals surface area contributed by atoms with Gasteiger partial charge in [0.15, 0.2) is 14.7 Å². The summed E-state index contributed by atoms with van der Waals surface area (Å²) < 4.78 is 56.4. The number of ether oxygens (including phenoxy) is 1. The average molecular weight is 424 g/mol. The van der Waals surface area contributed by atoms with E-state index in [0.29, 0.717) is 5.75 Å². The van der Waals surface area contributed by atoms with Gasteiger partial charge in [0.25, 0.3) is 15.7 Å². The normalized spacial score (nSPS) is 18.0. The van der Waals surface area contributed by atoms with Gasteiger partial charge < -0.3 is 4.74 Å². The van der Waals surface area contributed by atoms with Gasteiger partial charge in [-0.05, 0) is 36.4 Å². The molecule has 28 heavy (non-hydrogen) atoms. The molecule has 1 atom stereocenters. The van der Waals surface area contributed by atoms with Crippen molar-refractivity contribution in [3.63, 3.8) is 0 Å². The molecule has 0 saturated carbocycles. The maximum absolute atomic E-state index is 13.4. The van der Waals surface area contributed by atoms with Crippen LogP contribution in [0.25, 0.3) is 0 Å². The Kier molecular flexibility index (Phi) is 5.13. The highest BCUT2D eigenvalue weighted by Crippen LogP contribution is 2.34. The van der Waals surface area contributed by atoms with Crippen LogP contribution >= 0.6 is 0 Å². The number of para-hydroxylation sites is 1. The number of nitro benzene ring substituents is 1. The topological polar surface area (TPSA) is 124 Å². The summed E-state index contributed by atoms with van der Waals surface area (Å²) in [6.45, 7) is 0. The predicted molar refractivity (Wildman–Crippen MR) is 102 cm³/mol. The van der Waals surface area contributed by atoms with Crippen molar-refractivity contribution < 1.29 is 26.5 Å². The third-order valence-electron chi connectivity index (χ3n) is 4.14. The van der Waals surface area contributed by atoms with E-state index in [2.05, 4.69) is 0 Å². The number of nitro groups is 1. The molecule has 1 aliphatic rings. The molecule has 0 fully saturated rings. The Hall–Kier alpha value is -2.92. The van der Waals surface area contributed by atoms with E-state index in [-0.39, 0.29) is 5.69 Å². The molecule has 0 radical (unpaired) electrons. The molecule has 1 aliphatic heterocycles. The van der Waals surface area contributed by atoms with Gasteiger partial charge in [0.2, 0.25) is 0 Å². The predicted octanol–water partition coefficient (Wildman–Crippen LogP) is 2.11. The van der Waals surface area contributed by atoms with Crippen LogP contribution in [0.4, 0.5) is 11.4 Å². The molecule has 11 heteroatoms. The van der Waals surface area contributed by atoms with E-state index in [1.54, 1.807) is 0 Å². The molecular formula is C17H16N2O7S2. The van der Waals surface area contributed by atoms with Crippen LogP contribution in [0.1, 0.15) is 0 Å². The highest BCUT2D eigenvalue weighted by Gasteiger charge is 2.38. The second kappa shape index (κ2) is 7.24. The Balaban J connectivity index is 2.18. The number of benzene rings is 2. The summed E-state index contributed by atoms with van der Waals surface area (Å²) in [5.74, 6) is 0.0141. The van der Waals surface area contributed by atoms with E-state index >= 15 is 0 Å². The summed E-state index contributed by atoms with van der Waals surface area (Å²) in [7, 11) is -6.58. The van der Waals surface area contributed by atoms with E-state index in [9.17, 15) is 26.9 Å². The monoisotopic (exact) mass is 424 g/mol. The van der Waals surface area contributed by atoms with E-state index < -0.39 is 47.2 Å². The van der Waals surface area contributed by atoms with Crippen LogP contribution in [0.2, 0.25) is 0 Å². The molecule has 0 bridgehead atoms. The van der Waals surface area contributed by atoms with E-state index in [1.807, 2.05) is 0 Å². The largest absolute Gasteiger partial charge is 0.497 e. The minimum Gasteiger partial charge on any atom is -0.497 e. The molecule has 3 rings (SSSR count). The first kappa shape index (κ1) is 19.8. The Morgan fingerprint density at radius 3 is 2.32 bits per heavy atom. The summed E-state index contributed by atoms with van der Waals surface area (Å²) in [6, 6.07) is 9.82. The minimum atomic E-state index is -4.45. The summed E-state index contributed by atoms with van der Waals surface area (Å²) >= 11 is 0. The van der Waals surface area contributed by atoms with Gasteiger partial charge in [0.1, 0.15) is 5.75 Å². The van der Waals surface area contributed by atoms with Crippen molar-refractivity contribution >= 4 is 31.2 Å². The van der Waals surface area contributed by atoms with E-state index in [4.69, 9.17) is 4.74 Å². The summed E-state index contributed by atoms with van der Waals surface area (Å²) in [4.78, 5) is 10.0. The summed E-state index contributed by atoms with van der Waals surface area (Å²) in [5.41, 5.74) is -0.434. The van der Waals surface area contributed by atoms with Crippen LogP contribution in [0.3, 0.4) is 0 Å². The summed E-state index contributed by atoms with van der Waals surface area (Å²) in [5, 5.41) is 12.3. The van der Waals surface area contributed by atoms with Crippen LogP contribution in [0, 0.1) is 10.1 Å². The number of methoxy groups -OCH3 is 1. The zero-order valence-corrected chi connectivity index (χ0v) is 16.3. The van der Waals surface area contributed by atoms with Crippen molar-refractivity contribution in [1.29, 1.82) is 0 Å². The highest BCUT2D eigenvalue weighted by atomic mass is 32.2. The van der Waals surface area contributed by atoms with Gasteiger partial charge in [-0.2, -0.15) is 0 Å². The van der Waals surface area contributed by atoms with Gasteiger partial charge in [-0.3, -0.25) is 14.4 Å². The maximum atomic E-state index is 13.4. The molecule has 9 nitrogen and oxygen atoms in total. The molecular weight excluding hydrogens is 408 g/mol. The molecule has 0 amide bonds. The first-order valence-corrected chi connectivity index (χ1v) is 11.1. The van der Waals surface area contributed by atoms with Gasteiger partial charge >= 0.3 is 0 Å². The van der Waals surface area contributed by atoms with Gasteiger partial charge in [0, 0.05) is 11.5 Å². The highest BCUT2D eigenvalue weighted by molar-refractivity contribution is 7.95. The van der Waals surface area contributed by atoms with Crippen LogP contribution in [-0.2, 0) is 19.9 Å². The Labute approximate surface area is 162 Å². The van der Waals surface area contributed by atoms with Gasteiger partial charge in [-0.15, -0.1) is 0 Å². The smallest absolute Gasteiger partial charge is 0.289 e. The van der Waals surface area contributed by atoms with Crippen molar-refractivity contribution in [2.75, 3.05) is 17.2 Å². The van der Waals surface area contributed by atoms with Gasteiger partial charge in [-0.25, -0.2) is 16.8 Å². The lowest BCUT2D eigenvalue weighted by atomic mass is 10.2. The Morgan fingerprint density at radius 2 is 1.79 bits per heavy atom. The zero-order valence-electron chi connectivity index (χ0n) is 14.6. The molecule has 1 heterocycles.